The lowest BCUT2D eigenvalue weighted by Crippen LogP contribution is -2.23. The van der Waals surface area contributed by atoms with Crippen molar-refractivity contribution in [1.82, 2.24) is 25.1 Å². The standard InChI is InChI=1S/C18H17N5O3/c1-18(2,25)8-7-14-5-6-15(26-14)17(24)21-10-13-4-3-9-20-16(13)23-12-19-11-22-23/h3-6,9,11-12,25H,10H2,1-2H3,(H,21,24). The zero-order chi connectivity index (χ0) is 18.6. The number of aromatic nitrogens is 4. The highest BCUT2D eigenvalue weighted by molar-refractivity contribution is 5.91. The summed E-state index contributed by atoms with van der Waals surface area (Å²) < 4.78 is 6.92. The highest BCUT2D eigenvalue weighted by atomic mass is 16.3. The summed E-state index contributed by atoms with van der Waals surface area (Å²) in [5, 5.41) is 16.4. The molecule has 0 aliphatic carbocycles. The molecule has 3 aromatic heterocycles. The van der Waals surface area contributed by atoms with E-state index in [0.29, 0.717) is 11.6 Å². The van der Waals surface area contributed by atoms with E-state index in [2.05, 4.69) is 32.2 Å². The summed E-state index contributed by atoms with van der Waals surface area (Å²) in [5.74, 6) is 5.96. The first-order valence-corrected chi connectivity index (χ1v) is 7.85. The van der Waals surface area contributed by atoms with E-state index < -0.39 is 5.60 Å². The summed E-state index contributed by atoms with van der Waals surface area (Å²) in [7, 11) is 0. The molecule has 8 nitrogen and oxygen atoms in total. The molecule has 1 amide bonds. The Bertz CT molecular complexity index is 959. The number of pyridine rings is 1. The molecule has 3 aromatic rings. The third kappa shape index (κ3) is 4.34. The monoisotopic (exact) mass is 351 g/mol. The van der Waals surface area contributed by atoms with Crippen molar-refractivity contribution < 1.29 is 14.3 Å². The Morgan fingerprint density at radius 2 is 2.23 bits per heavy atom. The molecule has 0 unspecified atom stereocenters. The molecule has 132 valence electrons. The summed E-state index contributed by atoms with van der Waals surface area (Å²) in [6.45, 7) is 3.38. The van der Waals surface area contributed by atoms with Crippen LogP contribution in [0, 0.1) is 11.8 Å². The minimum Gasteiger partial charge on any atom is -0.443 e. The molecule has 0 fully saturated rings. The maximum absolute atomic E-state index is 12.3. The van der Waals surface area contributed by atoms with Crippen LogP contribution in [-0.4, -0.2) is 36.4 Å². The van der Waals surface area contributed by atoms with Gasteiger partial charge in [-0.15, -0.1) is 0 Å². The second-order valence-electron chi connectivity index (χ2n) is 5.98. The van der Waals surface area contributed by atoms with E-state index in [0.717, 1.165) is 5.56 Å². The van der Waals surface area contributed by atoms with Crippen LogP contribution in [0.5, 0.6) is 0 Å². The van der Waals surface area contributed by atoms with Crippen LogP contribution in [0.2, 0.25) is 0 Å². The van der Waals surface area contributed by atoms with Crippen molar-refractivity contribution in [1.29, 1.82) is 0 Å². The van der Waals surface area contributed by atoms with Gasteiger partial charge in [-0.25, -0.2) is 14.6 Å². The van der Waals surface area contributed by atoms with Crippen molar-refractivity contribution in [3.05, 3.63) is 60.2 Å². The molecule has 2 N–H and O–H groups in total. The number of nitrogens with one attached hydrogen (secondary N) is 1. The average Bonchev–Trinajstić information content (AvgIpc) is 3.29. The first-order valence-electron chi connectivity index (χ1n) is 7.85. The summed E-state index contributed by atoms with van der Waals surface area (Å²) >= 11 is 0. The lowest BCUT2D eigenvalue weighted by atomic mass is 10.1. The second kappa shape index (κ2) is 7.21. The van der Waals surface area contributed by atoms with Crippen molar-refractivity contribution in [2.75, 3.05) is 0 Å². The molecule has 0 saturated carbocycles. The molecule has 0 saturated heterocycles. The largest absolute Gasteiger partial charge is 0.443 e. The Hall–Kier alpha value is -3.44. The number of hydrogen-bond acceptors (Lipinski definition) is 6. The lowest BCUT2D eigenvalue weighted by molar-refractivity contribution is 0.0922. The molecule has 0 bridgehead atoms. The van der Waals surface area contributed by atoms with Crippen LogP contribution in [-0.2, 0) is 6.54 Å². The maximum atomic E-state index is 12.3. The van der Waals surface area contributed by atoms with Crippen LogP contribution in [0.25, 0.3) is 5.82 Å². The molecule has 3 rings (SSSR count). The Labute approximate surface area is 149 Å². The van der Waals surface area contributed by atoms with Gasteiger partial charge in [0.15, 0.2) is 17.3 Å². The van der Waals surface area contributed by atoms with Gasteiger partial charge in [-0.2, -0.15) is 5.10 Å². The van der Waals surface area contributed by atoms with Gasteiger partial charge in [0.1, 0.15) is 18.3 Å². The van der Waals surface area contributed by atoms with Crippen molar-refractivity contribution in [2.45, 2.75) is 26.0 Å². The van der Waals surface area contributed by atoms with Gasteiger partial charge in [-0.3, -0.25) is 4.79 Å². The van der Waals surface area contributed by atoms with Crippen LogP contribution in [0.15, 0.2) is 47.5 Å². The van der Waals surface area contributed by atoms with E-state index in [-0.39, 0.29) is 18.2 Å². The van der Waals surface area contributed by atoms with E-state index in [9.17, 15) is 9.90 Å². The molecule has 0 aliphatic heterocycles. The minimum atomic E-state index is -1.13. The molecule has 26 heavy (non-hydrogen) atoms. The van der Waals surface area contributed by atoms with Crippen LogP contribution in [0.1, 0.15) is 35.7 Å². The topological polar surface area (TPSA) is 106 Å². The predicted molar refractivity (Wildman–Crippen MR) is 92.2 cm³/mol. The first kappa shape index (κ1) is 17.4. The Morgan fingerprint density at radius 1 is 1.38 bits per heavy atom. The number of rotatable bonds is 4. The van der Waals surface area contributed by atoms with Crippen LogP contribution >= 0.6 is 0 Å². The van der Waals surface area contributed by atoms with E-state index in [4.69, 9.17) is 4.42 Å². The van der Waals surface area contributed by atoms with Crippen molar-refractivity contribution >= 4 is 5.91 Å². The van der Waals surface area contributed by atoms with Crippen LogP contribution in [0.4, 0.5) is 0 Å². The fraction of sp³-hybridized carbons (Fsp3) is 0.222. The van der Waals surface area contributed by atoms with Gasteiger partial charge < -0.3 is 14.8 Å². The van der Waals surface area contributed by atoms with Gasteiger partial charge >= 0.3 is 0 Å². The smallest absolute Gasteiger partial charge is 0.287 e. The number of nitrogens with zero attached hydrogens (tertiary/aromatic N) is 4. The van der Waals surface area contributed by atoms with E-state index in [1.165, 1.54) is 23.4 Å². The zero-order valence-corrected chi connectivity index (χ0v) is 14.3. The molecular weight excluding hydrogens is 334 g/mol. The summed E-state index contributed by atoms with van der Waals surface area (Å²) in [4.78, 5) is 20.4. The van der Waals surface area contributed by atoms with E-state index in [1.54, 1.807) is 32.2 Å². The number of carbonyl (C=O) groups excluding carboxylic acids is 1. The second-order valence-corrected chi connectivity index (χ2v) is 5.98. The van der Waals surface area contributed by atoms with Gasteiger partial charge in [-0.1, -0.05) is 12.0 Å². The van der Waals surface area contributed by atoms with Gasteiger partial charge in [0.25, 0.3) is 5.91 Å². The Morgan fingerprint density at radius 3 is 2.96 bits per heavy atom. The summed E-state index contributed by atoms with van der Waals surface area (Å²) in [5.41, 5.74) is -0.354. The third-order valence-electron chi connectivity index (χ3n) is 3.26. The fourth-order valence-electron chi connectivity index (χ4n) is 2.10. The summed E-state index contributed by atoms with van der Waals surface area (Å²) in [6, 6.07) is 6.73. The molecule has 8 heteroatoms. The minimum absolute atomic E-state index is 0.135. The maximum Gasteiger partial charge on any atom is 0.287 e. The first-order chi connectivity index (χ1) is 12.4. The van der Waals surface area contributed by atoms with E-state index >= 15 is 0 Å². The SMILES string of the molecule is CC(C)(O)C#Cc1ccc(C(=O)NCc2cccnc2-n2cncn2)o1. The van der Waals surface area contributed by atoms with Crippen LogP contribution in [0.3, 0.4) is 0 Å². The Balaban J connectivity index is 1.69. The van der Waals surface area contributed by atoms with Gasteiger partial charge in [0.2, 0.25) is 0 Å². The molecule has 0 spiro atoms. The van der Waals surface area contributed by atoms with Gasteiger partial charge in [0.05, 0.1) is 0 Å². The van der Waals surface area contributed by atoms with E-state index in [1.807, 2.05) is 6.07 Å². The fourth-order valence-corrected chi connectivity index (χ4v) is 2.10. The van der Waals surface area contributed by atoms with Gasteiger partial charge in [0, 0.05) is 18.3 Å². The van der Waals surface area contributed by atoms with Crippen molar-refractivity contribution in [3.63, 3.8) is 0 Å². The quantitative estimate of drug-likeness (QED) is 0.687. The normalized spacial score (nSPS) is 10.9. The van der Waals surface area contributed by atoms with Gasteiger partial charge in [-0.05, 0) is 38.0 Å². The predicted octanol–water partition coefficient (Wildman–Crippen LogP) is 1.31. The number of aliphatic hydroxyl groups is 1. The molecule has 0 aliphatic rings. The molecule has 0 radical (unpaired) electrons. The number of hydrogen-bond donors (Lipinski definition) is 2. The van der Waals surface area contributed by atoms with Crippen LogP contribution < -0.4 is 5.32 Å². The summed E-state index contributed by atoms with van der Waals surface area (Å²) in [6.07, 6.45) is 4.59. The molecule has 0 aromatic carbocycles. The zero-order valence-electron chi connectivity index (χ0n) is 14.3. The van der Waals surface area contributed by atoms with Crippen molar-refractivity contribution in [3.8, 4) is 17.7 Å². The highest BCUT2D eigenvalue weighted by Gasteiger charge is 2.13. The highest BCUT2D eigenvalue weighted by Crippen LogP contribution is 2.11. The molecular formula is C18H17N5O3. The third-order valence-corrected chi connectivity index (χ3v) is 3.26. The number of carbonyl (C=O) groups is 1. The number of furan rings is 1. The van der Waals surface area contributed by atoms with Crippen molar-refractivity contribution in [2.24, 2.45) is 0 Å². The number of amides is 1. The average molecular weight is 351 g/mol. The lowest BCUT2D eigenvalue weighted by Gasteiger charge is -2.08. The molecule has 0 atom stereocenters. The molecule has 3 heterocycles. The Kier molecular flexibility index (Phi) is 4.82.